The van der Waals surface area contributed by atoms with Crippen LogP contribution < -0.4 is 0 Å². The maximum atomic E-state index is 10.5. The predicted molar refractivity (Wildman–Crippen MR) is 63.7 cm³/mol. The van der Waals surface area contributed by atoms with Gasteiger partial charge in [-0.05, 0) is 37.0 Å². The molecule has 0 aromatic heterocycles. The van der Waals surface area contributed by atoms with Crippen molar-refractivity contribution in [1.29, 1.82) is 0 Å². The molecule has 88 valence electrons. The smallest absolute Gasteiger partial charge is 0.0599 e. The van der Waals surface area contributed by atoms with Gasteiger partial charge in [0.05, 0.1) is 6.10 Å². The Morgan fingerprint density at radius 3 is 2.27 bits per heavy atom. The van der Waals surface area contributed by atoms with Crippen LogP contribution in [0.15, 0.2) is 0 Å². The molecule has 1 nitrogen and oxygen atoms in total. The second-order valence-corrected chi connectivity index (χ2v) is 5.65. The van der Waals surface area contributed by atoms with Gasteiger partial charge in [0.1, 0.15) is 0 Å². The van der Waals surface area contributed by atoms with Crippen molar-refractivity contribution in [1.82, 2.24) is 0 Å². The van der Waals surface area contributed by atoms with Crippen LogP contribution in [0.25, 0.3) is 0 Å². The molecule has 0 aromatic carbocycles. The van der Waals surface area contributed by atoms with Gasteiger partial charge in [-0.2, -0.15) is 0 Å². The van der Waals surface area contributed by atoms with Gasteiger partial charge in [-0.1, -0.05) is 45.4 Å². The van der Waals surface area contributed by atoms with Crippen molar-refractivity contribution >= 4 is 0 Å². The molecule has 0 bridgehead atoms. The van der Waals surface area contributed by atoms with Crippen LogP contribution in [0.5, 0.6) is 0 Å². The van der Waals surface area contributed by atoms with Gasteiger partial charge in [-0.15, -0.1) is 0 Å². The highest BCUT2D eigenvalue weighted by atomic mass is 16.3. The zero-order valence-corrected chi connectivity index (χ0v) is 10.1. The van der Waals surface area contributed by atoms with Crippen LogP contribution in [0, 0.1) is 17.8 Å². The molecule has 0 radical (unpaired) electrons. The number of hydrogen-bond acceptors (Lipinski definition) is 1. The van der Waals surface area contributed by atoms with Crippen molar-refractivity contribution in [3.05, 3.63) is 0 Å². The van der Waals surface area contributed by atoms with Crippen molar-refractivity contribution in [3.63, 3.8) is 0 Å². The van der Waals surface area contributed by atoms with E-state index in [-0.39, 0.29) is 6.10 Å². The van der Waals surface area contributed by atoms with E-state index in [1.807, 2.05) is 0 Å². The Bertz CT molecular complexity index is 184. The minimum atomic E-state index is 0.0257. The van der Waals surface area contributed by atoms with E-state index in [2.05, 4.69) is 6.92 Å². The fraction of sp³-hybridized carbons (Fsp3) is 1.00. The number of rotatable bonds is 3. The molecule has 2 saturated carbocycles. The quantitative estimate of drug-likeness (QED) is 0.752. The van der Waals surface area contributed by atoms with Gasteiger partial charge in [0.15, 0.2) is 0 Å². The summed E-state index contributed by atoms with van der Waals surface area (Å²) in [7, 11) is 0. The van der Waals surface area contributed by atoms with Gasteiger partial charge < -0.3 is 5.11 Å². The first-order chi connectivity index (χ1) is 7.33. The molecular weight excluding hydrogens is 184 g/mol. The van der Waals surface area contributed by atoms with Gasteiger partial charge in [0.25, 0.3) is 0 Å². The maximum Gasteiger partial charge on any atom is 0.0599 e. The molecule has 3 unspecified atom stereocenters. The molecular formula is C14H26O. The van der Waals surface area contributed by atoms with Crippen LogP contribution in [0.1, 0.15) is 64.7 Å². The highest BCUT2D eigenvalue weighted by Crippen LogP contribution is 2.40. The van der Waals surface area contributed by atoms with E-state index in [1.165, 1.54) is 57.8 Å². The Hall–Kier alpha value is -0.0400. The standard InChI is InChI=1S/C14H26O/c1-2-11-7-5-6-10-13(11)14(15)12-8-3-4-9-12/h11-15H,2-10H2,1H3. The summed E-state index contributed by atoms with van der Waals surface area (Å²) in [4.78, 5) is 0. The zero-order chi connectivity index (χ0) is 10.7. The van der Waals surface area contributed by atoms with E-state index < -0.39 is 0 Å². The van der Waals surface area contributed by atoms with E-state index in [0.29, 0.717) is 11.8 Å². The van der Waals surface area contributed by atoms with Crippen LogP contribution in [0.3, 0.4) is 0 Å². The minimum Gasteiger partial charge on any atom is -0.393 e. The van der Waals surface area contributed by atoms with Crippen molar-refractivity contribution in [3.8, 4) is 0 Å². The molecule has 2 rings (SSSR count). The molecule has 0 aliphatic heterocycles. The van der Waals surface area contributed by atoms with Crippen LogP contribution in [0.4, 0.5) is 0 Å². The Labute approximate surface area is 94.3 Å². The summed E-state index contributed by atoms with van der Waals surface area (Å²) in [5.41, 5.74) is 0. The molecule has 2 aliphatic carbocycles. The third-order valence-corrected chi connectivity index (χ3v) is 4.81. The molecule has 1 heteroatoms. The molecule has 0 spiro atoms. The van der Waals surface area contributed by atoms with Crippen molar-refractivity contribution in [2.75, 3.05) is 0 Å². The Morgan fingerprint density at radius 1 is 1.00 bits per heavy atom. The first-order valence-corrected chi connectivity index (χ1v) is 7.01. The average Bonchev–Trinajstić information content (AvgIpc) is 2.81. The molecule has 0 amide bonds. The summed E-state index contributed by atoms with van der Waals surface area (Å²) in [6, 6.07) is 0. The largest absolute Gasteiger partial charge is 0.393 e. The van der Waals surface area contributed by atoms with Crippen molar-refractivity contribution in [2.24, 2.45) is 17.8 Å². The first kappa shape index (κ1) is 11.4. The van der Waals surface area contributed by atoms with Gasteiger partial charge in [-0.25, -0.2) is 0 Å². The van der Waals surface area contributed by atoms with Gasteiger partial charge in [0.2, 0.25) is 0 Å². The fourth-order valence-electron chi connectivity index (χ4n) is 3.84. The summed E-state index contributed by atoms with van der Waals surface area (Å²) >= 11 is 0. The fourth-order valence-corrected chi connectivity index (χ4v) is 3.84. The van der Waals surface area contributed by atoms with E-state index in [9.17, 15) is 5.11 Å². The topological polar surface area (TPSA) is 20.2 Å². The Morgan fingerprint density at radius 2 is 1.60 bits per heavy atom. The van der Waals surface area contributed by atoms with Crippen LogP contribution in [-0.4, -0.2) is 11.2 Å². The van der Waals surface area contributed by atoms with E-state index in [1.54, 1.807) is 0 Å². The SMILES string of the molecule is CCC1CCCCC1C(O)C1CCCC1. The molecule has 2 fully saturated rings. The molecule has 0 aromatic rings. The lowest BCUT2D eigenvalue weighted by molar-refractivity contribution is 0.00540. The van der Waals surface area contributed by atoms with Crippen LogP contribution >= 0.6 is 0 Å². The third kappa shape index (κ3) is 2.55. The lowest BCUT2D eigenvalue weighted by atomic mass is 9.72. The predicted octanol–water partition coefficient (Wildman–Crippen LogP) is 3.75. The molecule has 1 N–H and O–H groups in total. The van der Waals surface area contributed by atoms with Crippen molar-refractivity contribution in [2.45, 2.75) is 70.8 Å². The van der Waals surface area contributed by atoms with Crippen LogP contribution in [-0.2, 0) is 0 Å². The number of aliphatic hydroxyl groups is 1. The lowest BCUT2D eigenvalue weighted by Crippen LogP contribution is -2.35. The molecule has 0 saturated heterocycles. The molecule has 0 heterocycles. The van der Waals surface area contributed by atoms with E-state index >= 15 is 0 Å². The van der Waals surface area contributed by atoms with Crippen LogP contribution in [0.2, 0.25) is 0 Å². The average molecular weight is 210 g/mol. The zero-order valence-electron chi connectivity index (χ0n) is 10.1. The second kappa shape index (κ2) is 5.34. The third-order valence-electron chi connectivity index (χ3n) is 4.81. The summed E-state index contributed by atoms with van der Waals surface area (Å²) < 4.78 is 0. The van der Waals surface area contributed by atoms with E-state index in [0.717, 1.165) is 5.92 Å². The Balaban J connectivity index is 1.93. The minimum absolute atomic E-state index is 0.0257. The van der Waals surface area contributed by atoms with Gasteiger partial charge >= 0.3 is 0 Å². The summed E-state index contributed by atoms with van der Waals surface area (Å²) in [5, 5.41) is 10.5. The van der Waals surface area contributed by atoms with Gasteiger partial charge in [-0.3, -0.25) is 0 Å². The number of aliphatic hydroxyl groups excluding tert-OH is 1. The summed E-state index contributed by atoms with van der Waals surface area (Å²) in [6.07, 6.45) is 12.0. The normalized spacial score (nSPS) is 35.6. The first-order valence-electron chi connectivity index (χ1n) is 7.01. The Kier molecular flexibility index (Phi) is 4.07. The lowest BCUT2D eigenvalue weighted by Gasteiger charge is -2.36. The summed E-state index contributed by atoms with van der Waals surface area (Å²) in [6.45, 7) is 2.30. The summed E-state index contributed by atoms with van der Waals surface area (Å²) in [5.74, 6) is 2.09. The molecule has 15 heavy (non-hydrogen) atoms. The maximum absolute atomic E-state index is 10.5. The van der Waals surface area contributed by atoms with Gasteiger partial charge in [0, 0.05) is 0 Å². The highest BCUT2D eigenvalue weighted by Gasteiger charge is 2.35. The molecule has 2 aliphatic rings. The second-order valence-electron chi connectivity index (χ2n) is 5.65. The molecule has 3 atom stereocenters. The highest BCUT2D eigenvalue weighted by molar-refractivity contribution is 4.85. The monoisotopic (exact) mass is 210 g/mol. The number of hydrogen-bond donors (Lipinski definition) is 1. The van der Waals surface area contributed by atoms with E-state index in [4.69, 9.17) is 0 Å². The van der Waals surface area contributed by atoms with Crippen molar-refractivity contribution < 1.29 is 5.11 Å².